The number of amides is 1. The summed E-state index contributed by atoms with van der Waals surface area (Å²) in [6.07, 6.45) is 3.25. The lowest BCUT2D eigenvalue weighted by Gasteiger charge is -2.11. The van der Waals surface area contributed by atoms with Gasteiger partial charge in [0.2, 0.25) is 5.91 Å². The molecule has 5 nitrogen and oxygen atoms in total. The molecule has 0 atom stereocenters. The van der Waals surface area contributed by atoms with Gasteiger partial charge in [-0.15, -0.1) is 0 Å². The Hall–Kier alpha value is -2.82. The Balaban J connectivity index is 2.08. The first-order valence-electron chi connectivity index (χ1n) is 7.22. The van der Waals surface area contributed by atoms with E-state index in [-0.39, 0.29) is 5.91 Å². The van der Waals surface area contributed by atoms with E-state index in [2.05, 4.69) is 10.3 Å². The van der Waals surface area contributed by atoms with Crippen LogP contribution in [0.4, 0.5) is 0 Å². The molecule has 0 saturated carbocycles. The summed E-state index contributed by atoms with van der Waals surface area (Å²) in [4.78, 5) is 16.2. The van der Waals surface area contributed by atoms with Crippen molar-refractivity contribution >= 4 is 11.5 Å². The summed E-state index contributed by atoms with van der Waals surface area (Å²) < 4.78 is 10.5. The van der Waals surface area contributed by atoms with Crippen LogP contribution in [0.2, 0.25) is 0 Å². The van der Waals surface area contributed by atoms with Crippen LogP contribution in [-0.4, -0.2) is 25.1 Å². The summed E-state index contributed by atoms with van der Waals surface area (Å²) in [6, 6.07) is 11.1. The number of aromatic nitrogens is 1. The highest BCUT2D eigenvalue weighted by atomic mass is 16.5. The quantitative estimate of drug-likeness (QED) is 0.833. The molecule has 0 unspecified atom stereocenters. The van der Waals surface area contributed by atoms with E-state index >= 15 is 0 Å². The third-order valence-corrected chi connectivity index (χ3v) is 3.35. The third kappa shape index (κ3) is 4.57. The van der Waals surface area contributed by atoms with Gasteiger partial charge in [-0.3, -0.25) is 9.78 Å². The number of hydrogen-bond acceptors (Lipinski definition) is 4. The van der Waals surface area contributed by atoms with Gasteiger partial charge in [0, 0.05) is 23.9 Å². The van der Waals surface area contributed by atoms with Crippen molar-refractivity contribution in [2.24, 2.45) is 0 Å². The lowest BCUT2D eigenvalue weighted by molar-refractivity contribution is -0.116. The minimum atomic E-state index is -0.175. The molecule has 0 saturated heterocycles. The average molecular weight is 312 g/mol. The molecule has 0 aliphatic carbocycles. The maximum atomic E-state index is 12.0. The number of ether oxygens (including phenoxy) is 2. The SMILES string of the molecule is COc1ccc(/C(C)=C/C(=O)NCc2ccccn2)c(OC)c1. The van der Waals surface area contributed by atoms with Crippen molar-refractivity contribution in [3.05, 3.63) is 59.9 Å². The van der Waals surface area contributed by atoms with Gasteiger partial charge in [-0.1, -0.05) is 6.07 Å². The van der Waals surface area contributed by atoms with Gasteiger partial charge < -0.3 is 14.8 Å². The lowest BCUT2D eigenvalue weighted by atomic mass is 10.1. The Morgan fingerprint density at radius 3 is 2.70 bits per heavy atom. The Kier molecular flexibility index (Phi) is 5.74. The highest BCUT2D eigenvalue weighted by Crippen LogP contribution is 2.29. The fraction of sp³-hybridized carbons (Fsp3) is 0.222. The minimum absolute atomic E-state index is 0.175. The van der Waals surface area contributed by atoms with Crippen LogP contribution in [-0.2, 0) is 11.3 Å². The second kappa shape index (κ2) is 7.98. The molecule has 0 radical (unpaired) electrons. The highest BCUT2D eigenvalue weighted by Gasteiger charge is 2.08. The lowest BCUT2D eigenvalue weighted by Crippen LogP contribution is -2.21. The summed E-state index contributed by atoms with van der Waals surface area (Å²) in [7, 11) is 3.19. The van der Waals surface area contributed by atoms with Gasteiger partial charge >= 0.3 is 0 Å². The molecular formula is C18H20N2O3. The molecule has 2 rings (SSSR count). The van der Waals surface area contributed by atoms with Crippen molar-refractivity contribution in [1.29, 1.82) is 0 Å². The predicted octanol–water partition coefficient (Wildman–Crippen LogP) is 2.82. The van der Waals surface area contributed by atoms with E-state index < -0.39 is 0 Å². The molecule has 1 aromatic heterocycles. The van der Waals surface area contributed by atoms with Crippen LogP contribution >= 0.6 is 0 Å². The van der Waals surface area contributed by atoms with E-state index in [1.807, 2.05) is 37.3 Å². The Labute approximate surface area is 136 Å². The van der Waals surface area contributed by atoms with E-state index in [4.69, 9.17) is 9.47 Å². The molecule has 1 N–H and O–H groups in total. The van der Waals surface area contributed by atoms with Gasteiger partial charge in [-0.05, 0) is 36.8 Å². The molecular weight excluding hydrogens is 292 g/mol. The summed E-state index contributed by atoms with van der Waals surface area (Å²) in [5, 5.41) is 2.82. The zero-order chi connectivity index (χ0) is 16.7. The molecule has 0 bridgehead atoms. The number of rotatable bonds is 6. The smallest absolute Gasteiger partial charge is 0.244 e. The average Bonchev–Trinajstić information content (AvgIpc) is 2.60. The molecule has 2 aromatic rings. The molecule has 0 aliphatic rings. The van der Waals surface area contributed by atoms with Gasteiger partial charge in [0.15, 0.2) is 0 Å². The fourth-order valence-corrected chi connectivity index (χ4v) is 2.13. The largest absolute Gasteiger partial charge is 0.497 e. The number of methoxy groups -OCH3 is 2. The molecule has 5 heteroatoms. The summed E-state index contributed by atoms with van der Waals surface area (Å²) in [5.41, 5.74) is 2.47. The van der Waals surface area contributed by atoms with Gasteiger partial charge in [-0.2, -0.15) is 0 Å². The molecule has 0 fully saturated rings. The second-order valence-corrected chi connectivity index (χ2v) is 4.93. The number of nitrogens with one attached hydrogen (secondary N) is 1. The monoisotopic (exact) mass is 312 g/mol. The number of carbonyl (C=O) groups excluding carboxylic acids is 1. The van der Waals surface area contributed by atoms with Gasteiger partial charge in [0.25, 0.3) is 0 Å². The first kappa shape index (κ1) is 16.5. The molecule has 1 amide bonds. The van der Waals surface area contributed by atoms with E-state index in [1.165, 1.54) is 0 Å². The van der Waals surface area contributed by atoms with Gasteiger partial charge in [0.1, 0.15) is 11.5 Å². The van der Waals surface area contributed by atoms with E-state index in [0.717, 1.165) is 16.8 Å². The van der Waals surface area contributed by atoms with Crippen LogP contribution in [0, 0.1) is 0 Å². The van der Waals surface area contributed by atoms with E-state index in [0.29, 0.717) is 18.0 Å². The van der Waals surface area contributed by atoms with Crippen LogP contribution < -0.4 is 14.8 Å². The Bertz CT molecular complexity index is 697. The maximum absolute atomic E-state index is 12.0. The van der Waals surface area contributed by atoms with Crippen molar-refractivity contribution in [2.75, 3.05) is 14.2 Å². The number of pyridine rings is 1. The van der Waals surface area contributed by atoms with Gasteiger partial charge in [0.05, 0.1) is 26.5 Å². The zero-order valence-corrected chi connectivity index (χ0v) is 13.5. The van der Waals surface area contributed by atoms with Gasteiger partial charge in [-0.25, -0.2) is 0 Å². The van der Waals surface area contributed by atoms with Crippen LogP contribution in [0.25, 0.3) is 5.57 Å². The van der Waals surface area contributed by atoms with Crippen LogP contribution in [0.5, 0.6) is 11.5 Å². The third-order valence-electron chi connectivity index (χ3n) is 3.35. The van der Waals surface area contributed by atoms with Crippen LogP contribution in [0.1, 0.15) is 18.2 Å². The summed E-state index contributed by atoms with van der Waals surface area (Å²) >= 11 is 0. The number of nitrogens with zero attached hydrogens (tertiary/aromatic N) is 1. The highest BCUT2D eigenvalue weighted by molar-refractivity contribution is 5.95. The number of carbonyl (C=O) groups is 1. The topological polar surface area (TPSA) is 60.5 Å². The van der Waals surface area contributed by atoms with Crippen molar-refractivity contribution in [3.63, 3.8) is 0 Å². The summed E-state index contributed by atoms with van der Waals surface area (Å²) in [6.45, 7) is 2.26. The summed E-state index contributed by atoms with van der Waals surface area (Å²) in [5.74, 6) is 1.19. The van der Waals surface area contributed by atoms with E-state index in [1.54, 1.807) is 32.6 Å². The van der Waals surface area contributed by atoms with Crippen molar-refractivity contribution in [1.82, 2.24) is 10.3 Å². The zero-order valence-electron chi connectivity index (χ0n) is 13.5. The first-order chi connectivity index (χ1) is 11.1. The van der Waals surface area contributed by atoms with Crippen molar-refractivity contribution < 1.29 is 14.3 Å². The first-order valence-corrected chi connectivity index (χ1v) is 7.22. The molecule has 1 heterocycles. The Morgan fingerprint density at radius 2 is 2.04 bits per heavy atom. The van der Waals surface area contributed by atoms with Crippen molar-refractivity contribution in [3.8, 4) is 11.5 Å². The van der Waals surface area contributed by atoms with Crippen LogP contribution in [0.15, 0.2) is 48.7 Å². The maximum Gasteiger partial charge on any atom is 0.244 e. The fourth-order valence-electron chi connectivity index (χ4n) is 2.13. The number of hydrogen-bond donors (Lipinski definition) is 1. The number of benzene rings is 1. The minimum Gasteiger partial charge on any atom is -0.497 e. The molecule has 1 aromatic carbocycles. The molecule has 0 spiro atoms. The predicted molar refractivity (Wildman–Crippen MR) is 89.3 cm³/mol. The van der Waals surface area contributed by atoms with Crippen LogP contribution in [0.3, 0.4) is 0 Å². The number of allylic oxidation sites excluding steroid dienone is 1. The molecule has 23 heavy (non-hydrogen) atoms. The van der Waals surface area contributed by atoms with Crippen molar-refractivity contribution in [2.45, 2.75) is 13.5 Å². The van der Waals surface area contributed by atoms with E-state index in [9.17, 15) is 4.79 Å². The molecule has 0 aliphatic heterocycles. The second-order valence-electron chi connectivity index (χ2n) is 4.93. The standard InChI is InChI=1S/C18H20N2O3/c1-13(16-8-7-15(22-2)11-17(16)23-3)10-18(21)20-12-14-6-4-5-9-19-14/h4-11H,12H2,1-3H3,(H,20,21)/b13-10+. The normalized spacial score (nSPS) is 11.0. The molecule has 120 valence electrons. The Morgan fingerprint density at radius 1 is 1.22 bits per heavy atom.